The van der Waals surface area contributed by atoms with Crippen molar-refractivity contribution in [3.8, 4) is 0 Å². The molecule has 0 aromatic rings. The quantitative estimate of drug-likeness (QED) is 0.457. The van der Waals surface area contributed by atoms with E-state index in [1.807, 2.05) is 0 Å². The summed E-state index contributed by atoms with van der Waals surface area (Å²) in [6, 6.07) is 0.351. The number of unbranched alkanes of at least 4 members (excludes halogenated alkanes) is 8. The zero-order chi connectivity index (χ0) is 14.3. The van der Waals surface area contributed by atoms with E-state index in [2.05, 4.69) is 26.1 Å². The van der Waals surface area contributed by atoms with Crippen molar-refractivity contribution in [2.24, 2.45) is 0 Å². The molecule has 0 fully saturated rings. The van der Waals surface area contributed by atoms with Crippen molar-refractivity contribution in [2.75, 3.05) is 0 Å². The summed E-state index contributed by atoms with van der Waals surface area (Å²) in [4.78, 5) is 11.7. The van der Waals surface area contributed by atoms with Crippen molar-refractivity contribution in [1.82, 2.24) is 5.32 Å². The molecule has 0 aliphatic heterocycles. The summed E-state index contributed by atoms with van der Waals surface area (Å²) >= 11 is 0. The zero-order valence-electron chi connectivity index (χ0n) is 13.5. The molecule has 1 amide bonds. The minimum Gasteiger partial charge on any atom is -0.354 e. The van der Waals surface area contributed by atoms with Crippen LogP contribution in [0.3, 0.4) is 0 Å². The van der Waals surface area contributed by atoms with Crippen LogP contribution in [0.1, 0.15) is 97.8 Å². The lowest BCUT2D eigenvalue weighted by atomic mass is 10.1. The highest BCUT2D eigenvalue weighted by Crippen LogP contribution is 2.08. The van der Waals surface area contributed by atoms with Crippen molar-refractivity contribution >= 4 is 5.91 Å². The molecule has 0 aromatic carbocycles. The van der Waals surface area contributed by atoms with E-state index >= 15 is 0 Å². The Morgan fingerprint density at radius 1 is 0.842 bits per heavy atom. The predicted molar refractivity (Wildman–Crippen MR) is 84.4 cm³/mol. The number of hydrogen-bond acceptors (Lipinski definition) is 1. The van der Waals surface area contributed by atoms with Gasteiger partial charge in [-0.2, -0.15) is 0 Å². The molecule has 0 rings (SSSR count). The number of carbonyl (C=O) groups excluding carboxylic acids is 1. The van der Waals surface area contributed by atoms with Crippen LogP contribution in [0.15, 0.2) is 0 Å². The molecule has 2 nitrogen and oxygen atoms in total. The fourth-order valence-corrected chi connectivity index (χ4v) is 2.36. The van der Waals surface area contributed by atoms with Gasteiger partial charge in [-0.1, -0.05) is 71.6 Å². The number of nitrogens with one attached hydrogen (secondary N) is 1. The Bertz CT molecular complexity index is 203. The number of rotatable bonds is 13. The Hall–Kier alpha value is -0.530. The first-order chi connectivity index (χ1) is 9.20. The summed E-state index contributed by atoms with van der Waals surface area (Å²) in [5, 5.41) is 3.12. The summed E-state index contributed by atoms with van der Waals surface area (Å²) in [5.41, 5.74) is 0. The topological polar surface area (TPSA) is 29.1 Å². The fraction of sp³-hybridized carbons (Fsp3) is 0.941. The predicted octanol–water partition coefficient (Wildman–Crippen LogP) is 5.21. The first-order valence-electron chi connectivity index (χ1n) is 8.50. The number of carbonyl (C=O) groups is 1. The molecule has 2 heteroatoms. The maximum absolute atomic E-state index is 11.7. The van der Waals surface area contributed by atoms with Crippen LogP contribution in [0, 0.1) is 0 Å². The van der Waals surface area contributed by atoms with Gasteiger partial charge < -0.3 is 5.32 Å². The maximum Gasteiger partial charge on any atom is 0.220 e. The third-order valence-corrected chi connectivity index (χ3v) is 3.66. The van der Waals surface area contributed by atoms with Crippen LogP contribution >= 0.6 is 0 Å². The first kappa shape index (κ1) is 18.5. The van der Waals surface area contributed by atoms with E-state index < -0.39 is 0 Å². The lowest BCUT2D eigenvalue weighted by Crippen LogP contribution is -2.32. The first-order valence-corrected chi connectivity index (χ1v) is 8.50. The highest BCUT2D eigenvalue weighted by molar-refractivity contribution is 5.76. The molecule has 1 unspecified atom stereocenters. The van der Waals surface area contributed by atoms with Crippen LogP contribution < -0.4 is 5.32 Å². The molecular formula is C17H35NO. The Morgan fingerprint density at radius 2 is 1.37 bits per heavy atom. The van der Waals surface area contributed by atoms with Crippen LogP contribution in [-0.2, 0) is 4.79 Å². The Balaban J connectivity index is 3.36. The van der Waals surface area contributed by atoms with Crippen LogP contribution in [0.2, 0.25) is 0 Å². The van der Waals surface area contributed by atoms with Gasteiger partial charge in [0.05, 0.1) is 0 Å². The maximum atomic E-state index is 11.7. The molecule has 0 heterocycles. The third kappa shape index (κ3) is 13.7. The van der Waals surface area contributed by atoms with E-state index in [4.69, 9.17) is 0 Å². The van der Waals surface area contributed by atoms with Crippen LogP contribution in [0.4, 0.5) is 0 Å². The lowest BCUT2D eigenvalue weighted by molar-refractivity contribution is -0.121. The lowest BCUT2D eigenvalue weighted by Gasteiger charge is -2.13. The summed E-state index contributed by atoms with van der Waals surface area (Å²) in [6.07, 6.45) is 14.5. The van der Waals surface area contributed by atoms with E-state index in [1.165, 1.54) is 57.8 Å². The second-order valence-electron chi connectivity index (χ2n) is 5.84. The number of amides is 1. The minimum atomic E-state index is 0.249. The average Bonchev–Trinajstić information content (AvgIpc) is 2.39. The molecule has 1 atom stereocenters. The van der Waals surface area contributed by atoms with Crippen molar-refractivity contribution in [3.63, 3.8) is 0 Å². The largest absolute Gasteiger partial charge is 0.354 e. The van der Waals surface area contributed by atoms with Gasteiger partial charge in [-0.05, 0) is 19.8 Å². The molecule has 1 N–H and O–H groups in total. The molecule has 0 spiro atoms. The third-order valence-electron chi connectivity index (χ3n) is 3.66. The summed E-state index contributed by atoms with van der Waals surface area (Å²) in [5.74, 6) is 0.249. The van der Waals surface area contributed by atoms with Crippen molar-refractivity contribution in [3.05, 3.63) is 0 Å². The molecule has 0 radical (unpaired) electrons. The Labute approximate surface area is 120 Å². The van der Waals surface area contributed by atoms with Gasteiger partial charge >= 0.3 is 0 Å². The second-order valence-corrected chi connectivity index (χ2v) is 5.84. The van der Waals surface area contributed by atoms with Gasteiger partial charge in [0.15, 0.2) is 0 Å². The monoisotopic (exact) mass is 269 g/mol. The molecule has 0 aromatic heterocycles. The second kappa shape index (κ2) is 13.9. The Kier molecular flexibility index (Phi) is 13.5. The molecule has 0 bridgehead atoms. The van der Waals surface area contributed by atoms with Crippen LogP contribution in [0.5, 0.6) is 0 Å². The van der Waals surface area contributed by atoms with Crippen LogP contribution in [-0.4, -0.2) is 11.9 Å². The van der Waals surface area contributed by atoms with E-state index in [0.717, 1.165) is 12.8 Å². The molecule has 19 heavy (non-hydrogen) atoms. The summed E-state index contributed by atoms with van der Waals surface area (Å²) in [6.45, 7) is 6.59. The highest BCUT2D eigenvalue weighted by Gasteiger charge is 2.06. The molecular weight excluding hydrogens is 234 g/mol. The van der Waals surface area contributed by atoms with Crippen molar-refractivity contribution < 1.29 is 4.79 Å². The van der Waals surface area contributed by atoms with Gasteiger partial charge in [0.1, 0.15) is 0 Å². The highest BCUT2D eigenvalue weighted by atomic mass is 16.1. The summed E-state index contributed by atoms with van der Waals surface area (Å²) in [7, 11) is 0. The van der Waals surface area contributed by atoms with Gasteiger partial charge in [0.2, 0.25) is 5.91 Å². The fourth-order valence-electron chi connectivity index (χ4n) is 2.36. The van der Waals surface area contributed by atoms with Crippen molar-refractivity contribution in [2.45, 2.75) is 104 Å². The molecule has 114 valence electrons. The zero-order valence-corrected chi connectivity index (χ0v) is 13.5. The van der Waals surface area contributed by atoms with Crippen LogP contribution in [0.25, 0.3) is 0 Å². The minimum absolute atomic E-state index is 0.249. The van der Waals surface area contributed by atoms with Gasteiger partial charge in [-0.15, -0.1) is 0 Å². The van der Waals surface area contributed by atoms with E-state index in [1.54, 1.807) is 0 Å². The smallest absolute Gasteiger partial charge is 0.220 e. The SMILES string of the molecule is CCCCCCCCC(=O)NC(C)CCCCCC. The van der Waals surface area contributed by atoms with Gasteiger partial charge in [0, 0.05) is 12.5 Å². The molecule has 0 saturated heterocycles. The van der Waals surface area contributed by atoms with Gasteiger partial charge in [-0.25, -0.2) is 0 Å². The molecule has 0 aliphatic rings. The summed E-state index contributed by atoms with van der Waals surface area (Å²) < 4.78 is 0. The Morgan fingerprint density at radius 3 is 2.00 bits per heavy atom. The van der Waals surface area contributed by atoms with Gasteiger partial charge in [0.25, 0.3) is 0 Å². The average molecular weight is 269 g/mol. The van der Waals surface area contributed by atoms with Gasteiger partial charge in [-0.3, -0.25) is 4.79 Å². The normalized spacial score (nSPS) is 12.4. The standard InChI is InChI=1S/C17H35NO/c1-4-6-8-10-11-13-15-17(19)18-16(3)14-12-9-7-5-2/h16H,4-15H2,1-3H3,(H,18,19). The molecule has 0 aliphatic carbocycles. The van der Waals surface area contributed by atoms with E-state index in [0.29, 0.717) is 12.5 Å². The molecule has 0 saturated carbocycles. The van der Waals surface area contributed by atoms with Crippen molar-refractivity contribution in [1.29, 1.82) is 0 Å². The van der Waals surface area contributed by atoms with E-state index in [-0.39, 0.29) is 5.91 Å². The van der Waals surface area contributed by atoms with E-state index in [9.17, 15) is 4.79 Å². The number of hydrogen-bond donors (Lipinski definition) is 1.